The van der Waals surface area contributed by atoms with Crippen LogP contribution in [0.4, 0.5) is 0 Å². The Morgan fingerprint density at radius 1 is 1.17 bits per heavy atom. The van der Waals surface area contributed by atoms with E-state index in [0.717, 1.165) is 25.9 Å². The summed E-state index contributed by atoms with van der Waals surface area (Å²) in [4.78, 5) is 2.36. The first kappa shape index (κ1) is 13.6. The van der Waals surface area contributed by atoms with E-state index in [1.165, 1.54) is 24.0 Å². The lowest BCUT2D eigenvalue weighted by molar-refractivity contribution is 0.165. The maximum Gasteiger partial charge on any atom is 0.0499 e. The molecule has 0 bridgehead atoms. The number of likely N-dealkylation sites (N-methyl/N-ethyl adjacent to an activating group) is 1. The second-order valence-corrected chi connectivity index (χ2v) is 5.82. The van der Waals surface area contributed by atoms with E-state index in [1.807, 2.05) is 0 Å². The molecule has 0 atom stereocenters. The number of hydrogen-bond donors (Lipinski definition) is 1. The van der Waals surface area contributed by atoms with Gasteiger partial charge in [0.2, 0.25) is 0 Å². The molecule has 2 nitrogen and oxygen atoms in total. The summed E-state index contributed by atoms with van der Waals surface area (Å²) in [5.74, 6) is 0. The first-order chi connectivity index (χ1) is 8.67. The minimum Gasteiger partial charge on any atom is -0.396 e. The van der Waals surface area contributed by atoms with Gasteiger partial charge in [-0.1, -0.05) is 31.2 Å². The molecule has 0 amide bonds. The van der Waals surface area contributed by atoms with Crippen molar-refractivity contribution in [3.8, 4) is 0 Å². The van der Waals surface area contributed by atoms with Crippen LogP contribution in [0.3, 0.4) is 0 Å². The summed E-state index contributed by atoms with van der Waals surface area (Å²) in [5, 5.41) is 9.32. The number of aryl methyl sites for hydroxylation is 1. The van der Waals surface area contributed by atoms with Gasteiger partial charge in [0.05, 0.1) is 0 Å². The summed E-state index contributed by atoms with van der Waals surface area (Å²) in [5.41, 5.74) is 3.05. The van der Waals surface area contributed by atoms with Gasteiger partial charge in [-0.2, -0.15) is 0 Å². The zero-order chi connectivity index (χ0) is 13.0. The van der Waals surface area contributed by atoms with Crippen LogP contribution in [0.5, 0.6) is 0 Å². The minimum absolute atomic E-state index is 0.237. The van der Waals surface area contributed by atoms with Crippen LogP contribution in [0.15, 0.2) is 24.3 Å². The molecule has 0 unspecified atom stereocenters. The van der Waals surface area contributed by atoms with Crippen molar-refractivity contribution in [1.29, 1.82) is 0 Å². The summed E-state index contributed by atoms with van der Waals surface area (Å²) in [6, 6.07) is 8.94. The highest BCUT2D eigenvalue weighted by Gasteiger charge is 2.42. The van der Waals surface area contributed by atoms with E-state index < -0.39 is 0 Å². The van der Waals surface area contributed by atoms with Crippen molar-refractivity contribution in [1.82, 2.24) is 4.90 Å². The van der Waals surface area contributed by atoms with Crippen LogP contribution in [0, 0.1) is 5.41 Å². The van der Waals surface area contributed by atoms with Gasteiger partial charge < -0.3 is 10.0 Å². The average molecular weight is 247 g/mol. The van der Waals surface area contributed by atoms with Crippen molar-refractivity contribution >= 4 is 0 Å². The third-order valence-corrected chi connectivity index (χ3v) is 4.11. The van der Waals surface area contributed by atoms with Crippen LogP contribution < -0.4 is 0 Å². The molecule has 0 saturated heterocycles. The van der Waals surface area contributed by atoms with Gasteiger partial charge in [0, 0.05) is 25.1 Å². The predicted octanol–water partition coefficient (Wildman–Crippen LogP) is 2.50. The summed E-state index contributed by atoms with van der Waals surface area (Å²) in [6.45, 7) is 4.65. The van der Waals surface area contributed by atoms with E-state index in [0.29, 0.717) is 6.61 Å². The zero-order valence-electron chi connectivity index (χ0n) is 11.7. The Hall–Kier alpha value is -0.860. The largest absolute Gasteiger partial charge is 0.396 e. The second-order valence-electron chi connectivity index (χ2n) is 5.82. The number of nitrogens with zero attached hydrogens (tertiary/aromatic N) is 1. The second kappa shape index (κ2) is 5.85. The summed E-state index contributed by atoms with van der Waals surface area (Å²) in [7, 11) is 2.16. The Bertz CT molecular complexity index is 367. The first-order valence-electron chi connectivity index (χ1n) is 7.05. The van der Waals surface area contributed by atoms with Crippen LogP contribution in [-0.4, -0.2) is 36.8 Å². The van der Waals surface area contributed by atoms with Gasteiger partial charge in [-0.25, -0.2) is 0 Å². The van der Waals surface area contributed by atoms with Gasteiger partial charge in [0.25, 0.3) is 0 Å². The number of rotatable bonds is 7. The highest BCUT2D eigenvalue weighted by molar-refractivity contribution is 5.22. The molecule has 1 saturated carbocycles. The van der Waals surface area contributed by atoms with Crippen LogP contribution in [-0.2, 0) is 12.8 Å². The SMILES string of the molecule is CCc1ccc(CCN(C)CC2(CO)CC2)cc1. The number of hydrogen-bond acceptors (Lipinski definition) is 2. The number of aliphatic hydroxyl groups excluding tert-OH is 1. The smallest absolute Gasteiger partial charge is 0.0499 e. The maximum absolute atomic E-state index is 9.32. The standard InChI is InChI=1S/C16H25NO/c1-3-14-4-6-15(7-5-14)8-11-17(2)12-16(13-18)9-10-16/h4-7,18H,3,8-13H2,1-2H3. The van der Waals surface area contributed by atoms with Gasteiger partial charge in [0.1, 0.15) is 0 Å². The topological polar surface area (TPSA) is 23.5 Å². The van der Waals surface area contributed by atoms with Crippen LogP contribution >= 0.6 is 0 Å². The highest BCUT2D eigenvalue weighted by atomic mass is 16.3. The van der Waals surface area contributed by atoms with E-state index in [1.54, 1.807) is 0 Å². The van der Waals surface area contributed by atoms with Crippen LogP contribution in [0.25, 0.3) is 0 Å². The molecular formula is C16H25NO. The van der Waals surface area contributed by atoms with E-state index in [-0.39, 0.29) is 5.41 Å². The molecule has 0 spiro atoms. The lowest BCUT2D eigenvalue weighted by Crippen LogP contribution is -2.30. The summed E-state index contributed by atoms with van der Waals surface area (Å²) in [6.07, 6.45) is 4.60. The first-order valence-corrected chi connectivity index (χ1v) is 7.05. The van der Waals surface area contributed by atoms with E-state index in [2.05, 4.69) is 43.1 Å². The molecule has 1 N–H and O–H groups in total. The van der Waals surface area contributed by atoms with Crippen molar-refractivity contribution in [2.45, 2.75) is 32.6 Å². The fraction of sp³-hybridized carbons (Fsp3) is 0.625. The number of benzene rings is 1. The van der Waals surface area contributed by atoms with Crippen molar-refractivity contribution in [2.75, 3.05) is 26.7 Å². The van der Waals surface area contributed by atoms with Crippen LogP contribution in [0.2, 0.25) is 0 Å². The van der Waals surface area contributed by atoms with Gasteiger partial charge in [-0.05, 0) is 43.9 Å². The molecule has 0 aromatic heterocycles. The number of aliphatic hydroxyl groups is 1. The highest BCUT2D eigenvalue weighted by Crippen LogP contribution is 2.45. The maximum atomic E-state index is 9.32. The Balaban J connectivity index is 1.76. The fourth-order valence-electron chi connectivity index (χ4n) is 2.46. The molecule has 1 aliphatic rings. The molecule has 100 valence electrons. The third-order valence-electron chi connectivity index (χ3n) is 4.11. The molecule has 1 aliphatic carbocycles. The summed E-state index contributed by atoms with van der Waals surface area (Å²) < 4.78 is 0. The van der Waals surface area contributed by atoms with Crippen molar-refractivity contribution in [3.63, 3.8) is 0 Å². The molecule has 2 heteroatoms. The Morgan fingerprint density at radius 2 is 1.78 bits per heavy atom. The van der Waals surface area contributed by atoms with E-state index in [9.17, 15) is 5.11 Å². The van der Waals surface area contributed by atoms with Crippen molar-refractivity contribution < 1.29 is 5.11 Å². The molecule has 2 rings (SSSR count). The molecule has 18 heavy (non-hydrogen) atoms. The third kappa shape index (κ3) is 3.56. The molecule has 1 aromatic carbocycles. The minimum atomic E-state index is 0.237. The average Bonchev–Trinajstić information content (AvgIpc) is 3.17. The monoisotopic (exact) mass is 247 g/mol. The normalized spacial score (nSPS) is 17.1. The van der Waals surface area contributed by atoms with E-state index in [4.69, 9.17) is 0 Å². The molecule has 0 heterocycles. The van der Waals surface area contributed by atoms with Gasteiger partial charge in [0.15, 0.2) is 0 Å². The molecule has 1 aromatic rings. The van der Waals surface area contributed by atoms with Gasteiger partial charge >= 0.3 is 0 Å². The fourth-order valence-corrected chi connectivity index (χ4v) is 2.46. The molecular weight excluding hydrogens is 222 g/mol. The van der Waals surface area contributed by atoms with Gasteiger partial charge in [-0.15, -0.1) is 0 Å². The Morgan fingerprint density at radius 3 is 2.28 bits per heavy atom. The quantitative estimate of drug-likeness (QED) is 0.800. The molecule has 1 fully saturated rings. The van der Waals surface area contributed by atoms with Gasteiger partial charge in [-0.3, -0.25) is 0 Å². The van der Waals surface area contributed by atoms with Crippen molar-refractivity contribution in [3.05, 3.63) is 35.4 Å². The van der Waals surface area contributed by atoms with Crippen LogP contribution in [0.1, 0.15) is 30.9 Å². The lowest BCUT2D eigenvalue weighted by Gasteiger charge is -2.22. The zero-order valence-corrected chi connectivity index (χ0v) is 11.7. The van der Waals surface area contributed by atoms with Crippen molar-refractivity contribution in [2.24, 2.45) is 5.41 Å². The summed E-state index contributed by atoms with van der Waals surface area (Å²) >= 11 is 0. The Labute approximate surface area is 111 Å². The lowest BCUT2D eigenvalue weighted by atomic mass is 10.1. The molecule has 0 aliphatic heterocycles. The molecule has 0 radical (unpaired) electrons. The van der Waals surface area contributed by atoms with E-state index >= 15 is 0 Å². The Kier molecular flexibility index (Phi) is 4.41. The predicted molar refractivity (Wildman–Crippen MR) is 75.8 cm³/mol.